The van der Waals surface area contributed by atoms with Gasteiger partial charge in [-0.25, -0.2) is 0 Å². The Morgan fingerprint density at radius 3 is 2.42 bits per heavy atom. The van der Waals surface area contributed by atoms with E-state index < -0.39 is 0 Å². The molecule has 0 heterocycles. The molecule has 12 heavy (non-hydrogen) atoms. The minimum Gasteiger partial charge on any atom is -0.303 e. The highest BCUT2D eigenvalue weighted by Gasteiger charge is 2.55. The first-order chi connectivity index (χ1) is 5.57. The summed E-state index contributed by atoms with van der Waals surface area (Å²) in [6.45, 7) is 6.98. The Morgan fingerprint density at radius 1 is 1.33 bits per heavy atom. The van der Waals surface area contributed by atoms with E-state index in [0.29, 0.717) is 17.3 Å². The van der Waals surface area contributed by atoms with Gasteiger partial charge in [-0.1, -0.05) is 20.8 Å². The molecule has 0 aliphatic heterocycles. The predicted octanol–water partition coefficient (Wildman–Crippen LogP) is 2.50. The third-order valence-electron chi connectivity index (χ3n) is 4.59. The number of rotatable bonds is 1. The molecule has 0 radical (unpaired) electrons. The molecule has 0 aromatic rings. The first-order valence-corrected chi connectivity index (χ1v) is 5.02. The Kier molecular flexibility index (Phi) is 1.61. The van der Waals surface area contributed by atoms with Gasteiger partial charge in [0.25, 0.3) is 0 Å². The van der Waals surface area contributed by atoms with Gasteiger partial charge in [0.05, 0.1) is 0 Å². The fourth-order valence-corrected chi connectivity index (χ4v) is 3.37. The summed E-state index contributed by atoms with van der Waals surface area (Å²) in [5.41, 5.74) is 0.527. The van der Waals surface area contributed by atoms with Crippen molar-refractivity contribution in [1.29, 1.82) is 0 Å². The van der Waals surface area contributed by atoms with Crippen molar-refractivity contribution in [3.63, 3.8) is 0 Å². The topological polar surface area (TPSA) is 17.1 Å². The molecule has 0 spiro atoms. The smallest absolute Gasteiger partial charge is 0.123 e. The van der Waals surface area contributed by atoms with Gasteiger partial charge in [-0.3, -0.25) is 0 Å². The van der Waals surface area contributed by atoms with Crippen LogP contribution in [0.4, 0.5) is 0 Å². The van der Waals surface area contributed by atoms with E-state index in [-0.39, 0.29) is 0 Å². The summed E-state index contributed by atoms with van der Waals surface area (Å²) in [5.74, 6) is 2.63. The van der Waals surface area contributed by atoms with Crippen LogP contribution < -0.4 is 0 Å². The summed E-state index contributed by atoms with van der Waals surface area (Å²) < 4.78 is 0. The normalized spacial score (nSPS) is 49.6. The quantitative estimate of drug-likeness (QED) is 0.547. The molecule has 0 amide bonds. The minimum absolute atomic E-state index is 0.363. The van der Waals surface area contributed by atoms with Crippen molar-refractivity contribution in [2.24, 2.45) is 29.1 Å². The van der Waals surface area contributed by atoms with Gasteiger partial charge in [-0.2, -0.15) is 0 Å². The number of aldehydes is 1. The van der Waals surface area contributed by atoms with Crippen LogP contribution in [-0.2, 0) is 4.79 Å². The SMILES string of the molecule is C[C@@H]1[C@H]2C[C@H](C[C@@H]1C=O)C2(C)C. The summed E-state index contributed by atoms with van der Waals surface area (Å²) in [6, 6.07) is 0. The lowest BCUT2D eigenvalue weighted by Crippen LogP contribution is -2.55. The zero-order chi connectivity index (χ0) is 8.93. The van der Waals surface area contributed by atoms with E-state index in [4.69, 9.17) is 0 Å². The van der Waals surface area contributed by atoms with E-state index in [0.717, 1.165) is 18.3 Å². The molecule has 3 fully saturated rings. The highest BCUT2D eigenvalue weighted by Crippen LogP contribution is 2.62. The molecule has 3 aliphatic rings. The Morgan fingerprint density at radius 2 is 2.00 bits per heavy atom. The van der Waals surface area contributed by atoms with Gasteiger partial charge in [-0.15, -0.1) is 0 Å². The van der Waals surface area contributed by atoms with E-state index in [1.54, 1.807) is 0 Å². The maximum Gasteiger partial charge on any atom is 0.123 e. The molecule has 3 saturated carbocycles. The fourth-order valence-electron chi connectivity index (χ4n) is 3.37. The van der Waals surface area contributed by atoms with Crippen LogP contribution in [0.25, 0.3) is 0 Å². The Balaban J connectivity index is 2.16. The summed E-state index contributed by atoms with van der Waals surface area (Å²) in [5, 5.41) is 0. The van der Waals surface area contributed by atoms with Gasteiger partial charge in [0.2, 0.25) is 0 Å². The molecule has 3 rings (SSSR count). The second-order valence-electron chi connectivity index (χ2n) is 5.26. The number of carbonyl (C=O) groups excluding carboxylic acids is 1. The van der Waals surface area contributed by atoms with Gasteiger partial charge >= 0.3 is 0 Å². The Hall–Kier alpha value is -0.330. The second kappa shape index (κ2) is 2.34. The third-order valence-corrected chi connectivity index (χ3v) is 4.59. The second-order valence-corrected chi connectivity index (χ2v) is 5.26. The highest BCUT2D eigenvalue weighted by molar-refractivity contribution is 5.55. The van der Waals surface area contributed by atoms with Crippen molar-refractivity contribution in [1.82, 2.24) is 0 Å². The molecular weight excluding hydrogens is 148 g/mol. The van der Waals surface area contributed by atoms with Crippen molar-refractivity contribution in [3.8, 4) is 0 Å². The molecule has 0 N–H and O–H groups in total. The summed E-state index contributed by atoms with van der Waals surface area (Å²) in [6.07, 6.45) is 3.70. The van der Waals surface area contributed by atoms with Crippen LogP contribution in [0.5, 0.6) is 0 Å². The molecule has 0 unspecified atom stereocenters. The largest absolute Gasteiger partial charge is 0.303 e. The molecule has 2 bridgehead atoms. The Bertz CT molecular complexity index is 207. The predicted molar refractivity (Wildman–Crippen MR) is 48.7 cm³/mol. The van der Waals surface area contributed by atoms with Crippen LogP contribution in [0.15, 0.2) is 0 Å². The van der Waals surface area contributed by atoms with Gasteiger partial charge in [0.1, 0.15) is 6.29 Å². The van der Waals surface area contributed by atoms with Crippen LogP contribution in [0.1, 0.15) is 33.6 Å². The van der Waals surface area contributed by atoms with Gasteiger partial charge in [-0.05, 0) is 36.0 Å². The first-order valence-electron chi connectivity index (χ1n) is 5.02. The standard InChI is InChI=1S/C11H18O/c1-7-8(6-12)4-9-5-10(7)11(9,2)3/h6-10H,4-5H2,1-3H3/t7-,8+,9-,10+/m0/s1. The molecule has 0 aromatic heterocycles. The van der Waals surface area contributed by atoms with E-state index in [9.17, 15) is 4.79 Å². The maximum atomic E-state index is 10.7. The summed E-state index contributed by atoms with van der Waals surface area (Å²) >= 11 is 0. The molecule has 4 atom stereocenters. The first kappa shape index (κ1) is 8.28. The highest BCUT2D eigenvalue weighted by atomic mass is 16.1. The lowest BCUT2D eigenvalue weighted by molar-refractivity contribution is -0.142. The number of carbonyl (C=O) groups is 1. The molecule has 1 heteroatoms. The van der Waals surface area contributed by atoms with Gasteiger partial charge < -0.3 is 4.79 Å². The molecule has 1 nitrogen and oxygen atoms in total. The molecule has 68 valence electrons. The average Bonchev–Trinajstić information content (AvgIpc) is 2.03. The van der Waals surface area contributed by atoms with Crippen LogP contribution in [0, 0.1) is 29.1 Å². The lowest BCUT2D eigenvalue weighted by atomic mass is 9.44. The van der Waals surface area contributed by atoms with Gasteiger partial charge in [0, 0.05) is 5.92 Å². The zero-order valence-electron chi connectivity index (χ0n) is 8.21. The minimum atomic E-state index is 0.363. The molecule has 0 saturated heterocycles. The maximum absolute atomic E-state index is 10.7. The van der Waals surface area contributed by atoms with Crippen molar-refractivity contribution >= 4 is 6.29 Å². The van der Waals surface area contributed by atoms with E-state index in [1.165, 1.54) is 12.7 Å². The molecule has 3 aliphatic carbocycles. The molecule has 0 aromatic carbocycles. The Labute approximate surface area is 74.5 Å². The average molecular weight is 166 g/mol. The summed E-state index contributed by atoms with van der Waals surface area (Å²) in [4.78, 5) is 10.7. The van der Waals surface area contributed by atoms with Crippen molar-refractivity contribution in [2.75, 3.05) is 0 Å². The summed E-state index contributed by atoms with van der Waals surface area (Å²) in [7, 11) is 0. The van der Waals surface area contributed by atoms with E-state index in [1.807, 2.05) is 0 Å². The number of hydrogen-bond acceptors (Lipinski definition) is 1. The lowest BCUT2D eigenvalue weighted by Gasteiger charge is -2.61. The van der Waals surface area contributed by atoms with Crippen LogP contribution >= 0.6 is 0 Å². The van der Waals surface area contributed by atoms with E-state index in [2.05, 4.69) is 20.8 Å². The molecular formula is C11H18O. The van der Waals surface area contributed by atoms with Crippen molar-refractivity contribution in [3.05, 3.63) is 0 Å². The number of fused-ring (bicyclic) bond motifs is 2. The van der Waals surface area contributed by atoms with Gasteiger partial charge in [0.15, 0.2) is 0 Å². The van der Waals surface area contributed by atoms with Crippen LogP contribution in [0.3, 0.4) is 0 Å². The van der Waals surface area contributed by atoms with Crippen LogP contribution in [-0.4, -0.2) is 6.29 Å². The van der Waals surface area contributed by atoms with E-state index >= 15 is 0 Å². The van der Waals surface area contributed by atoms with Crippen molar-refractivity contribution < 1.29 is 4.79 Å². The monoisotopic (exact) mass is 166 g/mol. The zero-order valence-corrected chi connectivity index (χ0v) is 8.21. The van der Waals surface area contributed by atoms with Crippen molar-refractivity contribution in [2.45, 2.75) is 33.6 Å². The van der Waals surface area contributed by atoms with Crippen LogP contribution in [0.2, 0.25) is 0 Å². The third kappa shape index (κ3) is 0.826. The fraction of sp³-hybridized carbons (Fsp3) is 0.909. The number of hydrogen-bond donors (Lipinski definition) is 0.